The molecule has 3 rings (SSSR count). The fourth-order valence-corrected chi connectivity index (χ4v) is 3.64. The van der Waals surface area contributed by atoms with Crippen molar-refractivity contribution in [3.8, 4) is 10.6 Å². The molecule has 0 aliphatic heterocycles. The first-order valence-corrected chi connectivity index (χ1v) is 8.67. The maximum absolute atomic E-state index is 12.7. The van der Waals surface area contributed by atoms with E-state index in [0.29, 0.717) is 33.5 Å². The maximum atomic E-state index is 12.7. The third-order valence-electron chi connectivity index (χ3n) is 3.48. The molecule has 0 radical (unpaired) electrons. The summed E-state index contributed by atoms with van der Waals surface area (Å²) < 4.78 is 38.1. The predicted octanol–water partition coefficient (Wildman–Crippen LogP) is 5.28. The van der Waals surface area contributed by atoms with Gasteiger partial charge in [0.05, 0.1) is 5.02 Å². The Hall–Kier alpha value is -1.31. The van der Waals surface area contributed by atoms with Crippen LogP contribution in [0.1, 0.15) is 23.3 Å². The fourth-order valence-electron chi connectivity index (χ4n) is 2.25. The lowest BCUT2D eigenvalue weighted by atomic mass is 10.2. The highest BCUT2D eigenvalue weighted by Crippen LogP contribution is 2.34. The standard InChI is InChI=1S/C15H11Cl2F3N2OS/c16-8-1-4-10(11(17)5-8)13-21-12(6-24-13)14(23)22(9-2-3-9)7-15(18,19)20/h1,4-6,9H,2-3,7H2. The highest BCUT2D eigenvalue weighted by atomic mass is 35.5. The number of carbonyl (C=O) groups excluding carboxylic acids is 1. The fraction of sp³-hybridized carbons (Fsp3) is 0.333. The van der Waals surface area contributed by atoms with Gasteiger partial charge in [0.2, 0.25) is 0 Å². The molecule has 0 bridgehead atoms. The van der Waals surface area contributed by atoms with E-state index < -0.39 is 18.6 Å². The zero-order valence-corrected chi connectivity index (χ0v) is 14.4. The van der Waals surface area contributed by atoms with Crippen LogP contribution in [-0.2, 0) is 0 Å². The molecule has 1 amide bonds. The van der Waals surface area contributed by atoms with Gasteiger partial charge in [-0.3, -0.25) is 4.79 Å². The number of hydrogen-bond donors (Lipinski definition) is 0. The van der Waals surface area contributed by atoms with Gasteiger partial charge < -0.3 is 4.90 Å². The van der Waals surface area contributed by atoms with E-state index >= 15 is 0 Å². The Morgan fingerprint density at radius 2 is 2.04 bits per heavy atom. The smallest absolute Gasteiger partial charge is 0.325 e. The van der Waals surface area contributed by atoms with Crippen LogP contribution >= 0.6 is 34.5 Å². The lowest BCUT2D eigenvalue weighted by molar-refractivity contribution is -0.141. The zero-order valence-electron chi connectivity index (χ0n) is 12.1. The lowest BCUT2D eigenvalue weighted by Gasteiger charge is -2.22. The van der Waals surface area contributed by atoms with E-state index in [1.165, 1.54) is 5.38 Å². The number of halogens is 5. The number of aromatic nitrogens is 1. The first-order chi connectivity index (χ1) is 11.2. The van der Waals surface area contributed by atoms with Crippen molar-refractivity contribution in [2.45, 2.75) is 25.1 Å². The van der Waals surface area contributed by atoms with Crippen LogP contribution in [0.5, 0.6) is 0 Å². The van der Waals surface area contributed by atoms with Gasteiger partial charge in [-0.1, -0.05) is 23.2 Å². The van der Waals surface area contributed by atoms with Gasteiger partial charge in [-0.2, -0.15) is 13.2 Å². The van der Waals surface area contributed by atoms with Crippen LogP contribution in [0.2, 0.25) is 10.0 Å². The number of rotatable bonds is 4. The molecule has 1 aliphatic rings. The number of thiazole rings is 1. The molecule has 0 N–H and O–H groups in total. The van der Waals surface area contributed by atoms with E-state index in [1.807, 2.05) is 0 Å². The Morgan fingerprint density at radius 1 is 1.33 bits per heavy atom. The van der Waals surface area contributed by atoms with Gasteiger partial charge in [-0.05, 0) is 31.0 Å². The molecule has 1 heterocycles. The normalized spacial score (nSPS) is 14.7. The minimum atomic E-state index is -4.43. The van der Waals surface area contributed by atoms with Gasteiger partial charge in [0, 0.05) is 22.0 Å². The molecule has 1 aliphatic carbocycles. The van der Waals surface area contributed by atoms with E-state index in [2.05, 4.69) is 4.98 Å². The minimum Gasteiger partial charge on any atom is -0.325 e. The Kier molecular flexibility index (Phi) is 4.77. The molecule has 0 spiro atoms. The van der Waals surface area contributed by atoms with Crippen LogP contribution in [0, 0.1) is 0 Å². The number of nitrogens with zero attached hydrogens (tertiary/aromatic N) is 2. The summed E-state index contributed by atoms with van der Waals surface area (Å²) in [5, 5.41) is 2.74. The van der Waals surface area contributed by atoms with Crippen LogP contribution in [0.4, 0.5) is 13.2 Å². The summed E-state index contributed by atoms with van der Waals surface area (Å²) in [6.45, 7) is -1.26. The molecule has 128 valence electrons. The summed E-state index contributed by atoms with van der Waals surface area (Å²) in [4.78, 5) is 17.4. The van der Waals surface area contributed by atoms with Gasteiger partial charge in [0.1, 0.15) is 17.2 Å². The van der Waals surface area contributed by atoms with Gasteiger partial charge in [-0.25, -0.2) is 4.98 Å². The monoisotopic (exact) mass is 394 g/mol. The second-order valence-corrected chi connectivity index (χ2v) is 7.14. The van der Waals surface area contributed by atoms with Gasteiger partial charge >= 0.3 is 6.18 Å². The van der Waals surface area contributed by atoms with Crippen LogP contribution in [0.3, 0.4) is 0 Å². The Balaban J connectivity index is 1.85. The average Bonchev–Trinajstić information content (AvgIpc) is 3.21. The third-order valence-corrected chi connectivity index (χ3v) is 4.91. The van der Waals surface area contributed by atoms with E-state index in [4.69, 9.17) is 23.2 Å². The highest BCUT2D eigenvalue weighted by Gasteiger charge is 2.41. The summed E-state index contributed by atoms with van der Waals surface area (Å²) in [5.41, 5.74) is 0.580. The molecule has 1 aromatic heterocycles. The first kappa shape index (κ1) is 17.5. The largest absolute Gasteiger partial charge is 0.406 e. The van der Waals surface area contributed by atoms with Crippen molar-refractivity contribution < 1.29 is 18.0 Å². The van der Waals surface area contributed by atoms with Crippen LogP contribution in [0.25, 0.3) is 10.6 Å². The van der Waals surface area contributed by atoms with E-state index in [9.17, 15) is 18.0 Å². The van der Waals surface area contributed by atoms with Gasteiger partial charge in [0.25, 0.3) is 5.91 Å². The second kappa shape index (κ2) is 6.54. The second-order valence-electron chi connectivity index (χ2n) is 5.44. The van der Waals surface area contributed by atoms with E-state index in [0.717, 1.165) is 16.2 Å². The number of hydrogen-bond acceptors (Lipinski definition) is 3. The van der Waals surface area contributed by atoms with E-state index in [-0.39, 0.29) is 11.7 Å². The summed E-state index contributed by atoms with van der Waals surface area (Å²) in [6, 6.07) is 4.47. The van der Waals surface area contributed by atoms with Gasteiger partial charge in [0.15, 0.2) is 0 Å². The zero-order chi connectivity index (χ0) is 17.5. The molecule has 0 atom stereocenters. The van der Waals surface area contributed by atoms with Crippen molar-refractivity contribution in [2.75, 3.05) is 6.54 Å². The number of carbonyl (C=O) groups is 1. The molecule has 0 unspecified atom stereocenters. The number of alkyl halides is 3. The van der Waals surface area contributed by atoms with Crippen molar-refractivity contribution in [3.05, 3.63) is 39.3 Å². The van der Waals surface area contributed by atoms with E-state index in [1.54, 1.807) is 18.2 Å². The molecule has 1 aromatic carbocycles. The molecule has 9 heteroatoms. The number of amides is 1. The maximum Gasteiger partial charge on any atom is 0.406 e. The van der Waals surface area contributed by atoms with Crippen molar-refractivity contribution in [2.24, 2.45) is 0 Å². The number of benzene rings is 1. The Labute approximate surface area is 150 Å². The van der Waals surface area contributed by atoms with Crippen molar-refractivity contribution in [1.82, 2.24) is 9.88 Å². The average molecular weight is 395 g/mol. The summed E-state index contributed by atoms with van der Waals surface area (Å²) in [7, 11) is 0. The quantitative estimate of drug-likeness (QED) is 0.706. The Morgan fingerprint density at radius 3 is 2.62 bits per heavy atom. The van der Waals surface area contributed by atoms with Crippen molar-refractivity contribution in [3.63, 3.8) is 0 Å². The molecule has 1 fully saturated rings. The Bertz CT molecular complexity index is 774. The first-order valence-electron chi connectivity index (χ1n) is 7.03. The van der Waals surface area contributed by atoms with Crippen molar-refractivity contribution >= 4 is 40.4 Å². The highest BCUT2D eigenvalue weighted by molar-refractivity contribution is 7.13. The molecule has 0 saturated heterocycles. The molecular formula is C15H11Cl2F3N2OS. The minimum absolute atomic E-state index is 0.00262. The van der Waals surface area contributed by atoms with Gasteiger partial charge in [-0.15, -0.1) is 11.3 Å². The van der Waals surface area contributed by atoms with Crippen LogP contribution in [0.15, 0.2) is 23.6 Å². The summed E-state index contributed by atoms with van der Waals surface area (Å²) in [6.07, 6.45) is -3.26. The molecule has 3 nitrogen and oxygen atoms in total. The lowest BCUT2D eigenvalue weighted by Crippen LogP contribution is -2.40. The molecular weight excluding hydrogens is 384 g/mol. The summed E-state index contributed by atoms with van der Waals surface area (Å²) in [5.74, 6) is -0.706. The molecule has 1 saturated carbocycles. The topological polar surface area (TPSA) is 33.2 Å². The van der Waals surface area contributed by atoms with Crippen LogP contribution in [-0.4, -0.2) is 34.6 Å². The SMILES string of the molecule is O=C(c1csc(-c2ccc(Cl)cc2Cl)n1)N(CC(F)(F)F)C1CC1. The summed E-state index contributed by atoms with van der Waals surface area (Å²) >= 11 is 13.1. The third kappa shape index (κ3) is 4.02. The predicted molar refractivity (Wildman–Crippen MR) is 87.7 cm³/mol. The van der Waals surface area contributed by atoms with Crippen LogP contribution < -0.4 is 0 Å². The van der Waals surface area contributed by atoms with Crippen molar-refractivity contribution in [1.29, 1.82) is 0 Å². The molecule has 2 aromatic rings. The molecule has 24 heavy (non-hydrogen) atoms.